The van der Waals surface area contributed by atoms with E-state index in [2.05, 4.69) is 15.9 Å². The van der Waals surface area contributed by atoms with Crippen LogP contribution in [0.1, 0.15) is 20.1 Å². The maximum Gasteiger partial charge on any atom is 0.187 e. The lowest BCUT2D eigenvalue weighted by atomic mass is 10.2. The van der Waals surface area contributed by atoms with Crippen LogP contribution in [0.15, 0.2) is 4.47 Å². The smallest absolute Gasteiger partial charge is 0.187 e. The fraction of sp³-hybridized carbons (Fsp3) is 0.375. The second kappa shape index (κ2) is 3.90. The summed E-state index contributed by atoms with van der Waals surface area (Å²) in [5.74, 6) is 0.0701. The summed E-state index contributed by atoms with van der Waals surface area (Å²) >= 11 is 10.4. The van der Waals surface area contributed by atoms with Crippen molar-refractivity contribution in [2.75, 3.05) is 5.88 Å². The van der Waals surface area contributed by atoms with Crippen LogP contribution in [0.2, 0.25) is 0 Å². The number of Topliss-reactive ketones (excluding diaryl/α,β-unsaturated/α-hetero) is 1. The molecule has 66 valence electrons. The normalized spacial score (nSPS) is 10.3. The molecule has 0 aliphatic rings. The second-order valence-electron chi connectivity index (χ2n) is 2.48. The van der Waals surface area contributed by atoms with Gasteiger partial charge in [0.25, 0.3) is 0 Å². The van der Waals surface area contributed by atoms with Crippen molar-refractivity contribution in [1.29, 1.82) is 0 Å². The third-order valence-corrected chi connectivity index (χ3v) is 4.55. The van der Waals surface area contributed by atoms with Gasteiger partial charge in [-0.15, -0.1) is 22.9 Å². The van der Waals surface area contributed by atoms with Gasteiger partial charge in [-0.25, -0.2) is 0 Å². The van der Waals surface area contributed by atoms with Crippen molar-refractivity contribution in [1.82, 2.24) is 0 Å². The highest BCUT2D eigenvalue weighted by molar-refractivity contribution is 9.10. The fourth-order valence-corrected chi connectivity index (χ4v) is 2.74. The third-order valence-electron chi connectivity index (χ3n) is 1.61. The maximum atomic E-state index is 11.3. The molecule has 0 radical (unpaired) electrons. The number of alkyl halides is 1. The zero-order valence-electron chi connectivity index (χ0n) is 6.78. The van der Waals surface area contributed by atoms with Crippen molar-refractivity contribution in [3.63, 3.8) is 0 Å². The van der Waals surface area contributed by atoms with Crippen LogP contribution in [-0.2, 0) is 0 Å². The summed E-state index contributed by atoms with van der Waals surface area (Å²) in [6.07, 6.45) is 0. The molecular weight excluding hydrogens is 260 g/mol. The van der Waals surface area contributed by atoms with E-state index < -0.39 is 0 Å². The lowest BCUT2D eigenvalue weighted by Crippen LogP contribution is -1.98. The molecule has 1 nitrogen and oxygen atoms in total. The van der Waals surface area contributed by atoms with Gasteiger partial charge in [0.05, 0.1) is 10.8 Å². The lowest BCUT2D eigenvalue weighted by molar-refractivity contribution is 0.102. The van der Waals surface area contributed by atoms with Crippen LogP contribution in [0.5, 0.6) is 0 Å². The van der Waals surface area contributed by atoms with E-state index in [1.807, 2.05) is 13.8 Å². The summed E-state index contributed by atoms with van der Waals surface area (Å²) in [5.41, 5.74) is 1.00. The Kier molecular flexibility index (Phi) is 3.32. The Hall–Kier alpha value is 0.140. The zero-order valence-corrected chi connectivity index (χ0v) is 9.94. The van der Waals surface area contributed by atoms with Gasteiger partial charge in [-0.3, -0.25) is 4.79 Å². The monoisotopic (exact) mass is 266 g/mol. The van der Waals surface area contributed by atoms with E-state index in [0.717, 1.165) is 19.8 Å². The van der Waals surface area contributed by atoms with E-state index in [1.54, 1.807) is 0 Å². The minimum Gasteiger partial charge on any atom is -0.292 e. The van der Waals surface area contributed by atoms with Crippen molar-refractivity contribution in [2.24, 2.45) is 0 Å². The van der Waals surface area contributed by atoms with Crippen LogP contribution in [-0.4, -0.2) is 11.7 Å². The first kappa shape index (κ1) is 10.2. The summed E-state index contributed by atoms with van der Waals surface area (Å²) in [6, 6.07) is 0. The molecule has 0 amide bonds. The first-order valence-corrected chi connectivity index (χ1v) is 5.57. The molecular formula is C8H8BrClOS. The van der Waals surface area contributed by atoms with E-state index >= 15 is 0 Å². The predicted molar refractivity (Wildman–Crippen MR) is 56.5 cm³/mol. The molecule has 1 rings (SSSR count). The number of carbonyl (C=O) groups is 1. The van der Waals surface area contributed by atoms with Gasteiger partial charge in [0.2, 0.25) is 0 Å². The molecule has 0 unspecified atom stereocenters. The Morgan fingerprint density at radius 1 is 1.58 bits per heavy atom. The lowest BCUT2D eigenvalue weighted by Gasteiger charge is -1.92. The van der Waals surface area contributed by atoms with Crippen molar-refractivity contribution < 1.29 is 4.79 Å². The molecule has 0 saturated carbocycles. The Labute approximate surface area is 88.9 Å². The van der Waals surface area contributed by atoms with Gasteiger partial charge in [-0.1, -0.05) is 0 Å². The van der Waals surface area contributed by atoms with Gasteiger partial charge in [0.1, 0.15) is 0 Å². The minimum absolute atomic E-state index is 0.00738. The van der Waals surface area contributed by atoms with Gasteiger partial charge < -0.3 is 0 Å². The minimum atomic E-state index is 0.00738. The maximum absolute atomic E-state index is 11.3. The largest absolute Gasteiger partial charge is 0.292 e. The van der Waals surface area contributed by atoms with Crippen LogP contribution >= 0.6 is 38.9 Å². The van der Waals surface area contributed by atoms with Gasteiger partial charge in [-0.05, 0) is 35.3 Å². The number of halogens is 2. The van der Waals surface area contributed by atoms with E-state index in [0.29, 0.717) is 0 Å². The van der Waals surface area contributed by atoms with E-state index in [1.165, 1.54) is 11.3 Å². The summed E-state index contributed by atoms with van der Waals surface area (Å²) in [6.45, 7) is 3.90. The number of hydrogen-bond donors (Lipinski definition) is 0. The van der Waals surface area contributed by atoms with E-state index in [4.69, 9.17) is 11.6 Å². The fourth-order valence-electron chi connectivity index (χ4n) is 0.965. The van der Waals surface area contributed by atoms with Gasteiger partial charge in [0.15, 0.2) is 5.78 Å². The molecule has 0 fully saturated rings. The Morgan fingerprint density at radius 3 is 2.50 bits per heavy atom. The highest BCUT2D eigenvalue weighted by atomic mass is 79.9. The zero-order chi connectivity index (χ0) is 9.30. The highest BCUT2D eigenvalue weighted by Crippen LogP contribution is 2.32. The van der Waals surface area contributed by atoms with Crippen LogP contribution in [0.3, 0.4) is 0 Å². The molecule has 0 N–H and O–H groups in total. The van der Waals surface area contributed by atoms with Gasteiger partial charge >= 0.3 is 0 Å². The second-order valence-corrected chi connectivity index (χ2v) is 4.77. The molecule has 0 aliphatic heterocycles. The summed E-state index contributed by atoms with van der Waals surface area (Å²) < 4.78 is 1.03. The van der Waals surface area contributed by atoms with Crippen LogP contribution in [0, 0.1) is 13.8 Å². The number of hydrogen-bond acceptors (Lipinski definition) is 2. The molecule has 1 aromatic heterocycles. The number of aryl methyl sites for hydroxylation is 1. The molecule has 0 saturated heterocycles. The van der Waals surface area contributed by atoms with E-state index in [-0.39, 0.29) is 11.7 Å². The van der Waals surface area contributed by atoms with Crippen molar-refractivity contribution in [2.45, 2.75) is 13.8 Å². The topological polar surface area (TPSA) is 17.1 Å². The number of rotatable bonds is 2. The average molecular weight is 268 g/mol. The molecule has 0 atom stereocenters. The van der Waals surface area contributed by atoms with Crippen molar-refractivity contribution in [3.05, 3.63) is 19.8 Å². The molecule has 4 heteroatoms. The Bertz CT molecular complexity index is 319. The quantitative estimate of drug-likeness (QED) is 0.592. The van der Waals surface area contributed by atoms with Crippen LogP contribution in [0.4, 0.5) is 0 Å². The van der Waals surface area contributed by atoms with Gasteiger partial charge in [0, 0.05) is 9.35 Å². The van der Waals surface area contributed by atoms with Crippen LogP contribution < -0.4 is 0 Å². The molecule has 0 spiro atoms. The molecule has 0 bridgehead atoms. The Balaban J connectivity index is 3.17. The average Bonchev–Trinajstić information content (AvgIpc) is 2.32. The molecule has 12 heavy (non-hydrogen) atoms. The van der Waals surface area contributed by atoms with Gasteiger partial charge in [-0.2, -0.15) is 0 Å². The number of ketones is 1. The Morgan fingerprint density at radius 2 is 2.17 bits per heavy atom. The summed E-state index contributed by atoms with van der Waals surface area (Å²) in [7, 11) is 0. The number of carbonyl (C=O) groups excluding carboxylic acids is 1. The molecule has 0 aromatic carbocycles. The van der Waals surface area contributed by atoms with Crippen LogP contribution in [0.25, 0.3) is 0 Å². The SMILES string of the molecule is Cc1sc(C(=O)CCl)c(C)c1Br. The standard InChI is InChI=1S/C8H8BrClOS/c1-4-7(9)5(2)12-8(4)6(11)3-10/h3H2,1-2H3. The molecule has 1 heterocycles. The molecule has 1 aromatic rings. The highest BCUT2D eigenvalue weighted by Gasteiger charge is 2.14. The third kappa shape index (κ3) is 1.73. The van der Waals surface area contributed by atoms with Crippen molar-refractivity contribution >= 4 is 44.7 Å². The van der Waals surface area contributed by atoms with Crippen molar-refractivity contribution in [3.8, 4) is 0 Å². The first-order valence-electron chi connectivity index (χ1n) is 3.42. The number of thiophene rings is 1. The summed E-state index contributed by atoms with van der Waals surface area (Å²) in [4.78, 5) is 13.2. The predicted octanol–water partition coefficient (Wildman–Crippen LogP) is 3.55. The summed E-state index contributed by atoms with van der Waals surface area (Å²) in [5, 5.41) is 0. The molecule has 0 aliphatic carbocycles. The van der Waals surface area contributed by atoms with E-state index in [9.17, 15) is 4.79 Å². The first-order chi connectivity index (χ1) is 5.57.